The molecule has 0 saturated carbocycles. The minimum Gasteiger partial charge on any atom is -0.388 e. The van der Waals surface area contributed by atoms with E-state index >= 15 is 0 Å². The van der Waals surface area contributed by atoms with Gasteiger partial charge in [-0.2, -0.15) is 17.0 Å². The zero-order valence-corrected chi connectivity index (χ0v) is 13.5. The summed E-state index contributed by atoms with van der Waals surface area (Å²) in [6.45, 7) is 5.03. The van der Waals surface area contributed by atoms with Crippen LogP contribution in [0.5, 0.6) is 0 Å². The number of likely N-dealkylation sites (tertiary alicyclic amines) is 1. The first-order valence-electron chi connectivity index (χ1n) is 8.20. The summed E-state index contributed by atoms with van der Waals surface area (Å²) < 4.78 is 28.2. The topological polar surface area (TPSA) is 64.1 Å². The second kappa shape index (κ2) is 6.12. The molecule has 6 nitrogen and oxygen atoms in total. The Morgan fingerprint density at radius 2 is 1.29 bits per heavy atom. The van der Waals surface area contributed by atoms with E-state index in [4.69, 9.17) is 0 Å². The van der Waals surface area contributed by atoms with Crippen molar-refractivity contribution in [2.24, 2.45) is 0 Å². The lowest BCUT2D eigenvalue weighted by Crippen LogP contribution is -2.54. The average Bonchev–Trinajstić information content (AvgIpc) is 3.11. The fraction of sp³-hybridized carbons (Fsp3) is 1.00. The standard InChI is InChI=1S/C14H27N3O3S/c18-14(13-15-7-1-2-8-15)5-11-17(12-6-14)21(19,20)16-9-3-4-10-16/h18H,1-13H2. The van der Waals surface area contributed by atoms with Crippen molar-refractivity contribution in [3.8, 4) is 0 Å². The Hall–Kier alpha value is -0.210. The maximum Gasteiger partial charge on any atom is 0.281 e. The molecule has 0 aromatic heterocycles. The lowest BCUT2D eigenvalue weighted by atomic mass is 9.92. The summed E-state index contributed by atoms with van der Waals surface area (Å²) in [7, 11) is -3.30. The fourth-order valence-electron chi connectivity index (χ4n) is 3.73. The van der Waals surface area contributed by atoms with Gasteiger partial charge >= 0.3 is 0 Å². The minimum absolute atomic E-state index is 0.448. The van der Waals surface area contributed by atoms with Crippen LogP contribution in [0.1, 0.15) is 38.5 Å². The van der Waals surface area contributed by atoms with E-state index in [2.05, 4.69) is 4.90 Å². The van der Waals surface area contributed by atoms with Crippen LogP contribution in [0.2, 0.25) is 0 Å². The van der Waals surface area contributed by atoms with Crippen molar-refractivity contribution in [1.29, 1.82) is 0 Å². The molecule has 3 aliphatic rings. The second-order valence-corrected chi connectivity index (χ2v) is 8.65. The predicted molar refractivity (Wildman–Crippen MR) is 81.2 cm³/mol. The summed E-state index contributed by atoms with van der Waals surface area (Å²) in [6.07, 6.45) is 5.46. The quantitative estimate of drug-likeness (QED) is 0.807. The third kappa shape index (κ3) is 3.42. The number of aliphatic hydroxyl groups is 1. The van der Waals surface area contributed by atoms with Crippen LogP contribution in [-0.4, -0.2) is 78.4 Å². The zero-order valence-electron chi connectivity index (χ0n) is 12.7. The van der Waals surface area contributed by atoms with Crippen LogP contribution in [0.4, 0.5) is 0 Å². The van der Waals surface area contributed by atoms with E-state index in [1.165, 1.54) is 12.8 Å². The van der Waals surface area contributed by atoms with E-state index in [-0.39, 0.29) is 0 Å². The molecule has 0 aromatic rings. The molecule has 3 rings (SSSR count). The Morgan fingerprint density at radius 1 is 0.810 bits per heavy atom. The predicted octanol–water partition coefficient (Wildman–Crippen LogP) is 0.250. The summed E-state index contributed by atoms with van der Waals surface area (Å²) in [5, 5.41) is 10.7. The van der Waals surface area contributed by atoms with Crippen molar-refractivity contribution in [3.05, 3.63) is 0 Å². The summed E-state index contributed by atoms with van der Waals surface area (Å²) in [5.41, 5.74) is -0.707. The normalized spacial score (nSPS) is 29.2. The van der Waals surface area contributed by atoms with E-state index < -0.39 is 15.8 Å². The van der Waals surface area contributed by atoms with Gasteiger partial charge in [-0.1, -0.05) is 0 Å². The first-order valence-corrected chi connectivity index (χ1v) is 9.59. The molecule has 0 bridgehead atoms. The molecule has 122 valence electrons. The molecule has 7 heteroatoms. The molecule has 0 spiro atoms. The summed E-state index contributed by atoms with van der Waals surface area (Å²) >= 11 is 0. The molecular weight excluding hydrogens is 290 g/mol. The lowest BCUT2D eigenvalue weighted by Gasteiger charge is -2.40. The Morgan fingerprint density at radius 3 is 1.86 bits per heavy atom. The van der Waals surface area contributed by atoms with Crippen LogP contribution in [0, 0.1) is 0 Å². The highest BCUT2D eigenvalue weighted by molar-refractivity contribution is 7.86. The van der Waals surface area contributed by atoms with Gasteiger partial charge in [-0.05, 0) is 51.6 Å². The SMILES string of the molecule is O=S(=O)(N1CCCC1)N1CCC(O)(CN2CCCC2)CC1. The highest BCUT2D eigenvalue weighted by Gasteiger charge is 2.40. The number of hydrogen-bond acceptors (Lipinski definition) is 4. The second-order valence-electron chi connectivity index (χ2n) is 6.72. The van der Waals surface area contributed by atoms with Crippen molar-refractivity contribution >= 4 is 10.2 Å². The number of β-amino-alcohol motifs (C(OH)–C–C–N with tert-alkyl or cyclic N) is 1. The molecule has 21 heavy (non-hydrogen) atoms. The fourth-order valence-corrected chi connectivity index (χ4v) is 5.42. The monoisotopic (exact) mass is 317 g/mol. The molecule has 3 heterocycles. The maximum absolute atomic E-state index is 12.5. The number of hydrogen-bond donors (Lipinski definition) is 1. The van der Waals surface area contributed by atoms with Gasteiger partial charge in [-0.15, -0.1) is 0 Å². The molecule has 0 atom stereocenters. The smallest absolute Gasteiger partial charge is 0.281 e. The van der Waals surface area contributed by atoms with Crippen LogP contribution in [0.15, 0.2) is 0 Å². The van der Waals surface area contributed by atoms with Gasteiger partial charge in [0, 0.05) is 32.7 Å². The highest BCUT2D eigenvalue weighted by Crippen LogP contribution is 2.28. The van der Waals surface area contributed by atoms with Crippen LogP contribution >= 0.6 is 0 Å². The average molecular weight is 317 g/mol. The first kappa shape index (κ1) is 15.7. The van der Waals surface area contributed by atoms with Crippen molar-refractivity contribution in [3.63, 3.8) is 0 Å². The molecule has 3 fully saturated rings. The van der Waals surface area contributed by atoms with Gasteiger partial charge in [-0.25, -0.2) is 0 Å². The molecule has 3 aliphatic heterocycles. The van der Waals surface area contributed by atoms with Gasteiger partial charge in [0.15, 0.2) is 0 Å². The number of nitrogens with zero attached hydrogens (tertiary/aromatic N) is 3. The van der Waals surface area contributed by atoms with Crippen LogP contribution in [0.25, 0.3) is 0 Å². The third-order valence-corrected chi connectivity index (χ3v) is 7.12. The van der Waals surface area contributed by atoms with E-state index in [9.17, 15) is 13.5 Å². The molecule has 0 radical (unpaired) electrons. The molecule has 0 aliphatic carbocycles. The van der Waals surface area contributed by atoms with Gasteiger partial charge in [-0.3, -0.25) is 0 Å². The Kier molecular flexibility index (Phi) is 4.57. The molecule has 0 unspecified atom stereocenters. The first-order chi connectivity index (χ1) is 10.00. The van der Waals surface area contributed by atoms with E-state index in [1.807, 2.05) is 0 Å². The summed E-state index contributed by atoms with van der Waals surface area (Å²) in [5.74, 6) is 0. The lowest BCUT2D eigenvalue weighted by molar-refractivity contribution is -0.0290. The minimum atomic E-state index is -3.30. The van der Waals surface area contributed by atoms with Gasteiger partial charge in [0.1, 0.15) is 0 Å². The van der Waals surface area contributed by atoms with Crippen LogP contribution in [-0.2, 0) is 10.2 Å². The highest BCUT2D eigenvalue weighted by atomic mass is 32.2. The van der Waals surface area contributed by atoms with Crippen molar-refractivity contribution in [2.45, 2.75) is 44.1 Å². The number of piperidine rings is 1. The van der Waals surface area contributed by atoms with E-state index in [0.29, 0.717) is 45.6 Å². The molecule has 0 aromatic carbocycles. The molecule has 3 saturated heterocycles. The molecule has 1 N–H and O–H groups in total. The van der Waals surface area contributed by atoms with Crippen molar-refractivity contribution in [2.75, 3.05) is 45.8 Å². The molecule has 0 amide bonds. The van der Waals surface area contributed by atoms with Gasteiger partial charge < -0.3 is 10.0 Å². The third-order valence-electron chi connectivity index (χ3n) is 5.09. The number of rotatable bonds is 4. The van der Waals surface area contributed by atoms with E-state index in [1.54, 1.807) is 8.61 Å². The van der Waals surface area contributed by atoms with Gasteiger partial charge in [0.05, 0.1) is 5.60 Å². The summed E-state index contributed by atoms with van der Waals surface area (Å²) in [4.78, 5) is 2.31. The Balaban J connectivity index is 1.56. The van der Waals surface area contributed by atoms with Crippen molar-refractivity contribution < 1.29 is 13.5 Å². The zero-order chi connectivity index (χ0) is 14.9. The maximum atomic E-state index is 12.5. The largest absolute Gasteiger partial charge is 0.388 e. The Bertz CT molecular complexity index is 448. The summed E-state index contributed by atoms with van der Waals surface area (Å²) in [6, 6.07) is 0. The van der Waals surface area contributed by atoms with Crippen LogP contribution in [0.3, 0.4) is 0 Å². The van der Waals surface area contributed by atoms with Crippen molar-refractivity contribution in [1.82, 2.24) is 13.5 Å². The van der Waals surface area contributed by atoms with Gasteiger partial charge in [0.25, 0.3) is 10.2 Å². The van der Waals surface area contributed by atoms with Gasteiger partial charge in [0.2, 0.25) is 0 Å². The molecular formula is C14H27N3O3S. The Labute approximate surface area is 127 Å². The van der Waals surface area contributed by atoms with E-state index in [0.717, 1.165) is 25.9 Å². The van der Waals surface area contributed by atoms with Crippen LogP contribution < -0.4 is 0 Å².